The number of rotatable bonds is 8. The predicted octanol–water partition coefficient (Wildman–Crippen LogP) is 4.18. The van der Waals surface area contributed by atoms with Crippen LogP contribution >= 0.6 is 0 Å². The van der Waals surface area contributed by atoms with E-state index < -0.39 is 0 Å². The molecule has 0 aliphatic carbocycles. The number of nitrogens with zero attached hydrogens (tertiary/aromatic N) is 4. The Labute approximate surface area is 189 Å². The molecule has 0 atom stereocenters. The molecule has 1 aliphatic rings. The molecule has 1 aromatic heterocycles. The van der Waals surface area contributed by atoms with Crippen LogP contribution in [0.2, 0.25) is 0 Å². The molecule has 168 valence electrons. The second-order valence-corrected chi connectivity index (χ2v) is 8.17. The number of carbonyl (C=O) groups excluding carboxylic acids is 1. The van der Waals surface area contributed by atoms with Gasteiger partial charge in [-0.1, -0.05) is 48.3 Å². The fraction of sp³-hybridized carbons (Fsp3) is 0.400. The summed E-state index contributed by atoms with van der Waals surface area (Å²) in [5, 5.41) is 4.11. The zero-order chi connectivity index (χ0) is 22.3. The van der Waals surface area contributed by atoms with Crippen molar-refractivity contribution in [3.05, 3.63) is 65.5 Å². The molecular formula is C25H30N4O3. The molecule has 0 radical (unpaired) electrons. The number of unbranched alkanes of at least 4 members (excludes halogenated alkanes) is 1. The molecule has 2 aromatic carbocycles. The third kappa shape index (κ3) is 5.53. The van der Waals surface area contributed by atoms with Gasteiger partial charge in [0.1, 0.15) is 5.75 Å². The second kappa shape index (κ2) is 10.4. The van der Waals surface area contributed by atoms with E-state index in [9.17, 15) is 4.79 Å². The molecule has 0 bridgehead atoms. The zero-order valence-corrected chi connectivity index (χ0v) is 18.8. The SMILES string of the molecule is CCCCOc1ccc(C(=O)N2CCN(Cc3nc(-c4ccc(C)cc4)no3)CC2)cc1. The number of amides is 1. The summed E-state index contributed by atoms with van der Waals surface area (Å²) in [6.07, 6.45) is 2.13. The fourth-order valence-corrected chi connectivity index (χ4v) is 3.65. The van der Waals surface area contributed by atoms with Crippen LogP contribution in [0.1, 0.15) is 41.6 Å². The molecular weight excluding hydrogens is 404 g/mol. The maximum absolute atomic E-state index is 12.8. The lowest BCUT2D eigenvalue weighted by atomic mass is 10.1. The summed E-state index contributed by atoms with van der Waals surface area (Å²) in [6, 6.07) is 15.5. The molecule has 1 saturated heterocycles. The highest BCUT2D eigenvalue weighted by Crippen LogP contribution is 2.18. The van der Waals surface area contributed by atoms with Gasteiger partial charge in [-0.3, -0.25) is 9.69 Å². The first kappa shape index (κ1) is 22.0. The van der Waals surface area contributed by atoms with E-state index in [0.717, 1.165) is 37.2 Å². The van der Waals surface area contributed by atoms with Gasteiger partial charge < -0.3 is 14.2 Å². The van der Waals surface area contributed by atoms with Gasteiger partial charge in [0.15, 0.2) is 0 Å². The molecule has 1 amide bonds. The Bertz CT molecular complexity index is 1010. The van der Waals surface area contributed by atoms with Crippen LogP contribution in [0, 0.1) is 6.92 Å². The summed E-state index contributed by atoms with van der Waals surface area (Å²) in [7, 11) is 0. The number of hydrogen-bond acceptors (Lipinski definition) is 6. The van der Waals surface area contributed by atoms with Crippen LogP contribution in [0.5, 0.6) is 5.75 Å². The van der Waals surface area contributed by atoms with Crippen molar-refractivity contribution in [1.82, 2.24) is 19.9 Å². The molecule has 0 saturated carbocycles. The average molecular weight is 435 g/mol. The first-order valence-electron chi connectivity index (χ1n) is 11.3. The molecule has 0 spiro atoms. The molecule has 32 heavy (non-hydrogen) atoms. The topological polar surface area (TPSA) is 71.7 Å². The van der Waals surface area contributed by atoms with Crippen LogP contribution in [-0.2, 0) is 6.54 Å². The molecule has 4 rings (SSSR count). The second-order valence-electron chi connectivity index (χ2n) is 8.17. The third-order valence-corrected chi connectivity index (χ3v) is 5.66. The Morgan fingerprint density at radius 2 is 1.75 bits per heavy atom. The standard InChI is InChI=1S/C25H30N4O3/c1-3-4-17-31-22-11-9-21(10-12-22)25(30)29-15-13-28(14-16-29)18-23-26-24(27-32-23)20-7-5-19(2)6-8-20/h5-12H,3-4,13-18H2,1-2H3. The van der Waals surface area contributed by atoms with Crippen molar-refractivity contribution in [2.24, 2.45) is 0 Å². The molecule has 1 aliphatic heterocycles. The van der Waals surface area contributed by atoms with Gasteiger partial charge in [-0.2, -0.15) is 4.98 Å². The Balaban J connectivity index is 1.27. The summed E-state index contributed by atoms with van der Waals surface area (Å²) < 4.78 is 11.1. The Morgan fingerprint density at radius 3 is 2.44 bits per heavy atom. The lowest BCUT2D eigenvalue weighted by Gasteiger charge is -2.34. The first-order valence-corrected chi connectivity index (χ1v) is 11.3. The third-order valence-electron chi connectivity index (χ3n) is 5.66. The summed E-state index contributed by atoms with van der Waals surface area (Å²) in [6.45, 7) is 8.37. The van der Waals surface area contributed by atoms with Crippen molar-refractivity contribution in [2.75, 3.05) is 32.8 Å². The molecule has 7 heteroatoms. The van der Waals surface area contributed by atoms with Crippen LogP contribution in [-0.4, -0.2) is 58.6 Å². The van der Waals surface area contributed by atoms with E-state index in [1.807, 2.05) is 60.4 Å². The predicted molar refractivity (Wildman–Crippen MR) is 122 cm³/mol. The van der Waals surface area contributed by atoms with Crippen molar-refractivity contribution in [2.45, 2.75) is 33.2 Å². The van der Waals surface area contributed by atoms with E-state index in [1.165, 1.54) is 5.56 Å². The van der Waals surface area contributed by atoms with E-state index in [-0.39, 0.29) is 5.91 Å². The molecule has 0 N–H and O–H groups in total. The molecule has 7 nitrogen and oxygen atoms in total. The smallest absolute Gasteiger partial charge is 0.253 e. The van der Waals surface area contributed by atoms with Gasteiger partial charge in [-0.25, -0.2) is 0 Å². The van der Waals surface area contributed by atoms with Crippen LogP contribution in [0.15, 0.2) is 53.1 Å². The summed E-state index contributed by atoms with van der Waals surface area (Å²) in [4.78, 5) is 21.5. The van der Waals surface area contributed by atoms with Gasteiger partial charge in [0, 0.05) is 37.3 Å². The normalized spacial score (nSPS) is 14.5. The number of carbonyl (C=O) groups is 1. The average Bonchev–Trinajstić information content (AvgIpc) is 3.29. The van der Waals surface area contributed by atoms with E-state index >= 15 is 0 Å². The Morgan fingerprint density at radius 1 is 1.03 bits per heavy atom. The largest absolute Gasteiger partial charge is 0.494 e. The van der Waals surface area contributed by atoms with Crippen molar-refractivity contribution in [3.8, 4) is 17.1 Å². The van der Waals surface area contributed by atoms with E-state index in [0.29, 0.717) is 43.5 Å². The minimum Gasteiger partial charge on any atom is -0.494 e. The van der Waals surface area contributed by atoms with Crippen molar-refractivity contribution < 1.29 is 14.1 Å². The monoisotopic (exact) mass is 434 g/mol. The van der Waals surface area contributed by atoms with Crippen LogP contribution < -0.4 is 4.74 Å². The quantitative estimate of drug-likeness (QED) is 0.495. The lowest BCUT2D eigenvalue weighted by Crippen LogP contribution is -2.48. The Kier molecular flexibility index (Phi) is 7.17. The highest BCUT2D eigenvalue weighted by Gasteiger charge is 2.23. The zero-order valence-electron chi connectivity index (χ0n) is 18.8. The number of aromatic nitrogens is 2. The first-order chi connectivity index (χ1) is 15.6. The van der Waals surface area contributed by atoms with E-state index in [1.54, 1.807) is 0 Å². The maximum atomic E-state index is 12.8. The van der Waals surface area contributed by atoms with Gasteiger partial charge in [0.2, 0.25) is 11.7 Å². The van der Waals surface area contributed by atoms with E-state index in [2.05, 4.69) is 22.0 Å². The summed E-state index contributed by atoms with van der Waals surface area (Å²) in [5.74, 6) is 2.07. The number of aryl methyl sites for hydroxylation is 1. The van der Waals surface area contributed by atoms with Crippen LogP contribution in [0.3, 0.4) is 0 Å². The summed E-state index contributed by atoms with van der Waals surface area (Å²) >= 11 is 0. The highest BCUT2D eigenvalue weighted by atomic mass is 16.5. The molecule has 0 unspecified atom stereocenters. The maximum Gasteiger partial charge on any atom is 0.253 e. The van der Waals surface area contributed by atoms with Gasteiger partial charge in [0.05, 0.1) is 13.2 Å². The van der Waals surface area contributed by atoms with E-state index in [4.69, 9.17) is 9.26 Å². The van der Waals surface area contributed by atoms with Gasteiger partial charge in [0.25, 0.3) is 5.91 Å². The number of benzene rings is 2. The molecule has 2 heterocycles. The summed E-state index contributed by atoms with van der Waals surface area (Å²) in [5.41, 5.74) is 2.84. The minimum atomic E-state index is 0.0594. The van der Waals surface area contributed by atoms with Crippen molar-refractivity contribution in [1.29, 1.82) is 0 Å². The number of piperazine rings is 1. The van der Waals surface area contributed by atoms with Crippen molar-refractivity contribution in [3.63, 3.8) is 0 Å². The van der Waals surface area contributed by atoms with Gasteiger partial charge >= 0.3 is 0 Å². The molecule has 3 aromatic rings. The van der Waals surface area contributed by atoms with Crippen LogP contribution in [0.25, 0.3) is 11.4 Å². The minimum absolute atomic E-state index is 0.0594. The molecule has 1 fully saturated rings. The lowest BCUT2D eigenvalue weighted by molar-refractivity contribution is 0.0615. The van der Waals surface area contributed by atoms with Crippen LogP contribution in [0.4, 0.5) is 0 Å². The highest BCUT2D eigenvalue weighted by molar-refractivity contribution is 5.94. The van der Waals surface area contributed by atoms with Gasteiger partial charge in [-0.15, -0.1) is 0 Å². The number of hydrogen-bond donors (Lipinski definition) is 0. The van der Waals surface area contributed by atoms with Crippen molar-refractivity contribution >= 4 is 5.91 Å². The number of ether oxygens (including phenoxy) is 1. The van der Waals surface area contributed by atoms with Gasteiger partial charge in [-0.05, 0) is 37.6 Å². The Hall–Kier alpha value is -3.19. The fourth-order valence-electron chi connectivity index (χ4n) is 3.65.